The van der Waals surface area contributed by atoms with Crippen LogP contribution in [0.15, 0.2) is 42.5 Å². The van der Waals surface area contributed by atoms with E-state index in [9.17, 15) is 18.4 Å². The fraction of sp³-hybridized carbons (Fsp3) is 0.316. The van der Waals surface area contributed by atoms with Crippen molar-refractivity contribution in [3.8, 4) is 11.8 Å². The predicted octanol–water partition coefficient (Wildman–Crippen LogP) is 2.90. The van der Waals surface area contributed by atoms with Gasteiger partial charge in [0.2, 0.25) is 0 Å². The lowest BCUT2D eigenvalue weighted by Crippen LogP contribution is -2.30. The molecule has 0 bridgehead atoms. The summed E-state index contributed by atoms with van der Waals surface area (Å²) in [5.74, 6) is 0.308. The lowest BCUT2D eigenvalue weighted by atomic mass is 9.79. The zero-order valence-electron chi connectivity index (χ0n) is 14.9. The van der Waals surface area contributed by atoms with Crippen LogP contribution in [-0.2, 0) is 12.6 Å². The molecule has 27 heavy (non-hydrogen) atoms. The van der Waals surface area contributed by atoms with Crippen molar-refractivity contribution in [2.45, 2.75) is 26.4 Å². The summed E-state index contributed by atoms with van der Waals surface area (Å²) in [7, 11) is -1.68. The SMILES string of the molecule is CC(C)(COc1ccc(B(O)O)cc1C#N)Cc1ccc(C(F)(F)F)cc1. The molecule has 2 aromatic carbocycles. The first-order valence-corrected chi connectivity index (χ1v) is 8.21. The van der Waals surface area contributed by atoms with Crippen LogP contribution in [0.1, 0.15) is 30.5 Å². The number of benzene rings is 2. The van der Waals surface area contributed by atoms with E-state index in [0.29, 0.717) is 12.2 Å². The third-order valence-electron chi connectivity index (χ3n) is 4.00. The number of hydrogen-bond acceptors (Lipinski definition) is 4. The zero-order valence-corrected chi connectivity index (χ0v) is 14.9. The molecule has 0 unspecified atom stereocenters. The summed E-state index contributed by atoms with van der Waals surface area (Å²) >= 11 is 0. The van der Waals surface area contributed by atoms with E-state index in [1.54, 1.807) is 0 Å². The first-order valence-electron chi connectivity index (χ1n) is 8.21. The van der Waals surface area contributed by atoms with Crippen molar-refractivity contribution in [2.75, 3.05) is 6.61 Å². The summed E-state index contributed by atoms with van der Waals surface area (Å²) < 4.78 is 43.6. The maximum atomic E-state index is 12.6. The van der Waals surface area contributed by atoms with Crippen LogP contribution in [-0.4, -0.2) is 23.8 Å². The van der Waals surface area contributed by atoms with E-state index in [-0.39, 0.29) is 17.6 Å². The molecule has 0 saturated heterocycles. The monoisotopic (exact) mass is 377 g/mol. The molecule has 0 amide bonds. The highest BCUT2D eigenvalue weighted by Crippen LogP contribution is 2.30. The number of nitriles is 1. The van der Waals surface area contributed by atoms with Gasteiger partial charge in [-0.2, -0.15) is 18.4 Å². The Morgan fingerprint density at radius 1 is 1.07 bits per heavy atom. The van der Waals surface area contributed by atoms with E-state index in [0.717, 1.165) is 17.7 Å². The number of ether oxygens (including phenoxy) is 1. The lowest BCUT2D eigenvalue weighted by molar-refractivity contribution is -0.137. The highest BCUT2D eigenvalue weighted by Gasteiger charge is 2.30. The molecule has 0 heterocycles. The fourth-order valence-corrected chi connectivity index (χ4v) is 2.61. The Bertz CT molecular complexity index is 828. The Morgan fingerprint density at radius 3 is 2.22 bits per heavy atom. The topological polar surface area (TPSA) is 73.5 Å². The van der Waals surface area contributed by atoms with Crippen LogP contribution in [0.4, 0.5) is 13.2 Å². The summed E-state index contributed by atoms with van der Waals surface area (Å²) in [4.78, 5) is 0. The Labute approximate surface area is 156 Å². The molecule has 0 saturated carbocycles. The van der Waals surface area contributed by atoms with Gasteiger partial charge in [0.1, 0.15) is 11.8 Å². The molecule has 0 fully saturated rings. The van der Waals surface area contributed by atoms with Crippen LogP contribution in [0.25, 0.3) is 0 Å². The van der Waals surface area contributed by atoms with Crippen molar-refractivity contribution in [2.24, 2.45) is 5.41 Å². The molecule has 142 valence electrons. The molecule has 8 heteroatoms. The second-order valence-electron chi connectivity index (χ2n) is 7.07. The fourth-order valence-electron chi connectivity index (χ4n) is 2.61. The number of halogens is 3. The molecular weight excluding hydrogens is 358 g/mol. The summed E-state index contributed by atoms with van der Waals surface area (Å²) in [6, 6.07) is 11.2. The Morgan fingerprint density at radius 2 is 1.70 bits per heavy atom. The van der Waals surface area contributed by atoms with Crippen molar-refractivity contribution in [1.29, 1.82) is 5.26 Å². The molecule has 0 aromatic heterocycles. The average molecular weight is 377 g/mol. The quantitative estimate of drug-likeness (QED) is 0.760. The highest BCUT2D eigenvalue weighted by atomic mass is 19.4. The van der Waals surface area contributed by atoms with E-state index in [1.807, 2.05) is 19.9 Å². The summed E-state index contributed by atoms with van der Waals surface area (Å²) in [6.07, 6.45) is -3.88. The number of hydrogen-bond donors (Lipinski definition) is 2. The van der Waals surface area contributed by atoms with Crippen LogP contribution in [0.3, 0.4) is 0 Å². The van der Waals surface area contributed by atoms with Gasteiger partial charge in [-0.1, -0.05) is 32.0 Å². The van der Waals surface area contributed by atoms with Crippen molar-refractivity contribution in [1.82, 2.24) is 0 Å². The van der Waals surface area contributed by atoms with E-state index >= 15 is 0 Å². The van der Waals surface area contributed by atoms with Gasteiger partial charge >= 0.3 is 13.3 Å². The van der Waals surface area contributed by atoms with Crippen LogP contribution >= 0.6 is 0 Å². The van der Waals surface area contributed by atoms with Gasteiger partial charge in [0.15, 0.2) is 0 Å². The molecule has 2 N–H and O–H groups in total. The Hall–Kier alpha value is -2.50. The molecule has 0 radical (unpaired) electrons. The molecule has 2 rings (SSSR count). The minimum absolute atomic E-state index is 0.172. The van der Waals surface area contributed by atoms with E-state index in [2.05, 4.69) is 0 Å². The normalized spacial score (nSPS) is 11.8. The van der Waals surface area contributed by atoms with Crippen molar-refractivity contribution >= 4 is 12.6 Å². The van der Waals surface area contributed by atoms with Gasteiger partial charge in [0.25, 0.3) is 0 Å². The van der Waals surface area contributed by atoms with Crippen LogP contribution in [0.2, 0.25) is 0 Å². The van der Waals surface area contributed by atoms with E-state index < -0.39 is 24.3 Å². The van der Waals surface area contributed by atoms with Crippen LogP contribution in [0.5, 0.6) is 5.75 Å². The average Bonchev–Trinajstić information content (AvgIpc) is 2.59. The largest absolute Gasteiger partial charge is 0.492 e. The van der Waals surface area contributed by atoms with Crippen LogP contribution in [0, 0.1) is 16.7 Å². The maximum absolute atomic E-state index is 12.6. The van der Waals surface area contributed by atoms with Crippen molar-refractivity contribution in [3.05, 3.63) is 59.2 Å². The summed E-state index contributed by atoms with van der Waals surface area (Å²) in [5.41, 5.74) is 0.0107. The Kier molecular flexibility index (Phi) is 6.19. The molecule has 0 spiro atoms. The second-order valence-corrected chi connectivity index (χ2v) is 7.07. The third kappa shape index (κ3) is 5.74. The molecule has 4 nitrogen and oxygen atoms in total. The van der Waals surface area contributed by atoms with Gasteiger partial charge in [-0.25, -0.2) is 0 Å². The Balaban J connectivity index is 2.05. The molecular formula is C19H19BF3NO3. The minimum atomic E-state index is -4.36. The predicted molar refractivity (Wildman–Crippen MR) is 95.4 cm³/mol. The zero-order chi connectivity index (χ0) is 20.2. The van der Waals surface area contributed by atoms with Gasteiger partial charge in [0.05, 0.1) is 17.7 Å². The van der Waals surface area contributed by atoms with Gasteiger partial charge in [-0.05, 0) is 41.7 Å². The number of nitrogens with zero attached hydrogens (tertiary/aromatic N) is 1. The minimum Gasteiger partial charge on any atom is -0.492 e. The van der Waals surface area contributed by atoms with E-state index in [4.69, 9.17) is 14.8 Å². The maximum Gasteiger partial charge on any atom is 0.488 e. The van der Waals surface area contributed by atoms with Gasteiger partial charge < -0.3 is 14.8 Å². The second kappa shape index (κ2) is 8.03. The van der Waals surface area contributed by atoms with Crippen molar-refractivity contribution in [3.63, 3.8) is 0 Å². The molecule has 0 aliphatic heterocycles. The molecule has 0 aliphatic carbocycles. The summed E-state index contributed by atoms with van der Waals surface area (Å²) in [6.45, 7) is 4.04. The van der Waals surface area contributed by atoms with Gasteiger partial charge in [0, 0.05) is 5.41 Å². The first kappa shape index (κ1) is 20.8. The van der Waals surface area contributed by atoms with Gasteiger partial charge in [-0.3, -0.25) is 0 Å². The first-order chi connectivity index (χ1) is 12.5. The van der Waals surface area contributed by atoms with Crippen LogP contribution < -0.4 is 10.2 Å². The van der Waals surface area contributed by atoms with E-state index in [1.165, 1.54) is 30.3 Å². The lowest BCUT2D eigenvalue weighted by Gasteiger charge is -2.25. The van der Waals surface area contributed by atoms with Gasteiger partial charge in [-0.15, -0.1) is 0 Å². The standard InChI is InChI=1S/C19H19BF3NO3/c1-18(2,10-13-3-5-15(6-4-13)19(21,22)23)12-27-17-8-7-16(20(25)26)9-14(17)11-24/h3-9,25-26H,10,12H2,1-2H3. The third-order valence-corrected chi connectivity index (χ3v) is 4.00. The number of alkyl halides is 3. The molecule has 2 aromatic rings. The molecule has 0 aliphatic rings. The van der Waals surface area contributed by atoms with Crippen molar-refractivity contribution < 1.29 is 28.0 Å². The number of rotatable bonds is 6. The summed E-state index contributed by atoms with van der Waals surface area (Å²) in [5, 5.41) is 27.5. The molecule has 0 atom stereocenters. The highest BCUT2D eigenvalue weighted by molar-refractivity contribution is 6.58. The smallest absolute Gasteiger partial charge is 0.488 e.